The number of likely N-dealkylation sites (tertiary alicyclic amines) is 1. The van der Waals surface area contributed by atoms with E-state index in [1.807, 2.05) is 42.4 Å². The Morgan fingerprint density at radius 3 is 3.04 bits per heavy atom. The van der Waals surface area contributed by atoms with Crippen LogP contribution in [0.2, 0.25) is 0 Å². The first-order valence-electron chi connectivity index (χ1n) is 9.48. The van der Waals surface area contributed by atoms with Gasteiger partial charge in [0.2, 0.25) is 0 Å². The van der Waals surface area contributed by atoms with Gasteiger partial charge in [0.15, 0.2) is 5.69 Å². The molecule has 0 aliphatic carbocycles. The number of carbonyl (C=O) groups excluding carboxylic acids is 1. The van der Waals surface area contributed by atoms with Crippen molar-refractivity contribution in [1.82, 2.24) is 24.6 Å². The summed E-state index contributed by atoms with van der Waals surface area (Å²) in [7, 11) is 1.63. The molecule has 2 aromatic heterocycles. The number of aryl methyl sites for hydroxylation is 2. The molecule has 1 aliphatic rings. The van der Waals surface area contributed by atoms with Crippen LogP contribution in [0.25, 0.3) is 10.9 Å². The van der Waals surface area contributed by atoms with E-state index in [9.17, 15) is 4.79 Å². The van der Waals surface area contributed by atoms with Gasteiger partial charge in [-0.15, -0.1) is 0 Å². The Balaban J connectivity index is 1.56. The fourth-order valence-corrected chi connectivity index (χ4v) is 3.92. The number of hydrogen-bond donors (Lipinski definition) is 1. The van der Waals surface area contributed by atoms with E-state index in [4.69, 9.17) is 4.74 Å². The Kier molecular flexibility index (Phi) is 4.83. The van der Waals surface area contributed by atoms with E-state index in [1.54, 1.807) is 7.11 Å². The molecule has 0 unspecified atom stereocenters. The quantitative estimate of drug-likeness (QED) is 0.751. The molecular weight excluding hydrogens is 342 g/mol. The summed E-state index contributed by atoms with van der Waals surface area (Å²) in [5, 5.41) is 8.10. The normalized spacial score (nSPS) is 17.4. The van der Waals surface area contributed by atoms with Crippen molar-refractivity contribution in [2.24, 2.45) is 0 Å². The zero-order valence-corrected chi connectivity index (χ0v) is 15.8. The lowest BCUT2D eigenvalue weighted by Gasteiger charge is -2.35. The molecule has 1 fully saturated rings. The first kappa shape index (κ1) is 17.6. The second kappa shape index (κ2) is 7.42. The van der Waals surface area contributed by atoms with Gasteiger partial charge in [0.25, 0.3) is 5.91 Å². The fraction of sp³-hybridized carbons (Fsp3) is 0.450. The van der Waals surface area contributed by atoms with Gasteiger partial charge >= 0.3 is 0 Å². The second-order valence-corrected chi connectivity index (χ2v) is 7.09. The van der Waals surface area contributed by atoms with Crippen LogP contribution in [0.4, 0.5) is 0 Å². The van der Waals surface area contributed by atoms with Gasteiger partial charge in [-0.1, -0.05) is 0 Å². The van der Waals surface area contributed by atoms with Crippen molar-refractivity contribution in [3.05, 3.63) is 42.1 Å². The van der Waals surface area contributed by atoms with Crippen molar-refractivity contribution >= 4 is 16.8 Å². The monoisotopic (exact) mass is 367 g/mol. The molecular formula is C20H25N5O2. The molecule has 4 rings (SSSR count). The maximum absolute atomic E-state index is 13.3. The molecule has 0 bridgehead atoms. The number of methoxy groups -OCH3 is 1. The van der Waals surface area contributed by atoms with Crippen LogP contribution in [0.3, 0.4) is 0 Å². The summed E-state index contributed by atoms with van der Waals surface area (Å²) >= 11 is 0. The van der Waals surface area contributed by atoms with Crippen LogP contribution in [-0.2, 0) is 6.54 Å². The molecule has 1 aliphatic heterocycles. The van der Waals surface area contributed by atoms with Crippen LogP contribution < -0.4 is 4.74 Å². The number of H-pyrrole nitrogens is 1. The Labute approximate surface area is 158 Å². The predicted molar refractivity (Wildman–Crippen MR) is 103 cm³/mol. The standard InChI is InChI=1S/C20H25N5O2/c1-14-21-9-12-24(14)11-8-15-5-3-4-10-25(15)20(26)19-17-13-16(27-2)6-7-18(17)22-23-19/h6-7,9,12-13,15H,3-5,8,10-11H2,1-2H3,(H,22,23)/t15-/m0/s1. The number of imidazole rings is 1. The van der Waals surface area contributed by atoms with Crippen molar-refractivity contribution in [2.75, 3.05) is 13.7 Å². The molecule has 7 nitrogen and oxygen atoms in total. The number of nitrogens with one attached hydrogen (secondary N) is 1. The number of amides is 1. The minimum Gasteiger partial charge on any atom is -0.497 e. The van der Waals surface area contributed by atoms with Crippen LogP contribution in [0, 0.1) is 6.92 Å². The van der Waals surface area contributed by atoms with Crippen LogP contribution in [-0.4, -0.2) is 50.3 Å². The molecule has 142 valence electrons. The van der Waals surface area contributed by atoms with Crippen molar-refractivity contribution in [2.45, 2.75) is 45.2 Å². The molecule has 27 heavy (non-hydrogen) atoms. The molecule has 1 amide bonds. The molecule has 1 aromatic carbocycles. The van der Waals surface area contributed by atoms with Crippen LogP contribution in [0.15, 0.2) is 30.6 Å². The molecule has 1 N–H and O–H groups in total. The highest BCUT2D eigenvalue weighted by Gasteiger charge is 2.29. The van der Waals surface area contributed by atoms with E-state index in [2.05, 4.69) is 19.7 Å². The van der Waals surface area contributed by atoms with Gasteiger partial charge in [-0.05, 0) is 50.8 Å². The van der Waals surface area contributed by atoms with Crippen molar-refractivity contribution in [3.8, 4) is 5.75 Å². The summed E-state index contributed by atoms with van der Waals surface area (Å²) in [4.78, 5) is 19.6. The average Bonchev–Trinajstić information content (AvgIpc) is 3.31. The van der Waals surface area contributed by atoms with Gasteiger partial charge in [-0.25, -0.2) is 4.98 Å². The first-order chi connectivity index (χ1) is 13.2. The molecule has 3 heterocycles. The highest BCUT2D eigenvalue weighted by molar-refractivity contribution is 6.05. The van der Waals surface area contributed by atoms with Gasteiger partial charge < -0.3 is 14.2 Å². The number of fused-ring (bicyclic) bond motifs is 1. The van der Waals surface area contributed by atoms with Crippen molar-refractivity contribution in [3.63, 3.8) is 0 Å². The number of aromatic amines is 1. The number of ether oxygens (including phenoxy) is 1. The first-order valence-corrected chi connectivity index (χ1v) is 9.48. The third kappa shape index (κ3) is 3.41. The molecule has 0 saturated carbocycles. The smallest absolute Gasteiger partial charge is 0.275 e. The largest absolute Gasteiger partial charge is 0.497 e. The topological polar surface area (TPSA) is 76.0 Å². The highest BCUT2D eigenvalue weighted by Crippen LogP contribution is 2.27. The molecule has 1 atom stereocenters. The van der Waals surface area contributed by atoms with E-state index in [0.717, 1.165) is 61.2 Å². The number of nitrogens with zero attached hydrogens (tertiary/aromatic N) is 4. The van der Waals surface area contributed by atoms with Crippen LogP contribution in [0.5, 0.6) is 5.75 Å². The summed E-state index contributed by atoms with van der Waals surface area (Å²) in [5.41, 5.74) is 1.33. The number of carbonyl (C=O) groups is 1. The summed E-state index contributed by atoms with van der Waals surface area (Å²) in [5.74, 6) is 1.74. The Bertz CT molecular complexity index is 945. The van der Waals surface area contributed by atoms with Crippen LogP contribution in [0.1, 0.15) is 42.0 Å². The summed E-state index contributed by atoms with van der Waals surface area (Å²) in [6.07, 6.45) is 7.98. The lowest BCUT2D eigenvalue weighted by atomic mass is 9.98. The SMILES string of the molecule is COc1ccc2[nH]nc(C(=O)N3CCCC[C@H]3CCn3ccnc3C)c2c1. The minimum absolute atomic E-state index is 0.00144. The van der Waals surface area contributed by atoms with Gasteiger partial charge in [-0.3, -0.25) is 9.89 Å². The molecule has 3 aromatic rings. The third-order valence-electron chi connectivity index (χ3n) is 5.49. The van der Waals surface area contributed by atoms with Crippen LogP contribution >= 0.6 is 0 Å². The summed E-state index contributed by atoms with van der Waals surface area (Å²) < 4.78 is 7.45. The summed E-state index contributed by atoms with van der Waals surface area (Å²) in [6.45, 7) is 3.66. The zero-order valence-electron chi connectivity index (χ0n) is 15.8. The fourth-order valence-electron chi connectivity index (χ4n) is 3.92. The summed E-state index contributed by atoms with van der Waals surface area (Å²) in [6, 6.07) is 5.87. The van der Waals surface area contributed by atoms with E-state index < -0.39 is 0 Å². The molecule has 7 heteroatoms. The van der Waals surface area contributed by atoms with Gasteiger partial charge in [0.05, 0.1) is 12.6 Å². The third-order valence-corrected chi connectivity index (χ3v) is 5.49. The lowest BCUT2D eigenvalue weighted by Crippen LogP contribution is -2.44. The minimum atomic E-state index is 0.00144. The molecule has 0 spiro atoms. The average molecular weight is 367 g/mol. The van der Waals surface area contributed by atoms with E-state index in [-0.39, 0.29) is 11.9 Å². The molecule has 0 radical (unpaired) electrons. The zero-order chi connectivity index (χ0) is 18.8. The van der Waals surface area contributed by atoms with E-state index in [1.165, 1.54) is 0 Å². The van der Waals surface area contributed by atoms with Gasteiger partial charge in [0, 0.05) is 36.9 Å². The van der Waals surface area contributed by atoms with Crippen molar-refractivity contribution < 1.29 is 9.53 Å². The Morgan fingerprint density at radius 1 is 1.37 bits per heavy atom. The predicted octanol–water partition coefficient (Wildman–Crippen LogP) is 3.16. The number of rotatable bonds is 5. The Morgan fingerprint density at radius 2 is 2.26 bits per heavy atom. The number of piperidine rings is 1. The lowest BCUT2D eigenvalue weighted by molar-refractivity contribution is 0.0591. The molecule has 1 saturated heterocycles. The highest BCUT2D eigenvalue weighted by atomic mass is 16.5. The Hall–Kier alpha value is -2.83. The maximum Gasteiger partial charge on any atom is 0.275 e. The van der Waals surface area contributed by atoms with Gasteiger partial charge in [-0.2, -0.15) is 5.10 Å². The number of benzene rings is 1. The second-order valence-electron chi connectivity index (χ2n) is 7.09. The van der Waals surface area contributed by atoms with E-state index in [0.29, 0.717) is 5.69 Å². The number of aromatic nitrogens is 4. The van der Waals surface area contributed by atoms with Gasteiger partial charge in [0.1, 0.15) is 11.6 Å². The van der Waals surface area contributed by atoms with E-state index >= 15 is 0 Å². The van der Waals surface area contributed by atoms with Crippen molar-refractivity contribution in [1.29, 1.82) is 0 Å². The maximum atomic E-state index is 13.3. The number of hydrogen-bond acceptors (Lipinski definition) is 4.